The van der Waals surface area contributed by atoms with E-state index in [1.54, 1.807) is 12.1 Å². The normalized spacial score (nSPS) is 21.1. The van der Waals surface area contributed by atoms with Crippen LogP contribution in [0.2, 0.25) is 0 Å². The van der Waals surface area contributed by atoms with Crippen molar-refractivity contribution in [2.75, 3.05) is 7.05 Å². The first-order valence-electron chi connectivity index (χ1n) is 6.81. The maximum atomic E-state index is 12.0. The monoisotopic (exact) mass is 276 g/mol. The summed E-state index contributed by atoms with van der Waals surface area (Å²) < 4.78 is 0. The Morgan fingerprint density at radius 2 is 2.00 bits per heavy atom. The molecule has 0 spiro atoms. The SMILES string of the molecule is CC(Cc1ccc(O)cc1)NC1CCC(=O)N(C)C1=O. The lowest BCUT2D eigenvalue weighted by atomic mass is 10.0. The van der Waals surface area contributed by atoms with Gasteiger partial charge in [-0.1, -0.05) is 12.1 Å². The molecule has 0 saturated carbocycles. The van der Waals surface area contributed by atoms with Crippen molar-refractivity contribution in [2.45, 2.75) is 38.3 Å². The number of phenolic OH excluding ortho intramolecular Hbond substituents is 1. The van der Waals surface area contributed by atoms with Gasteiger partial charge >= 0.3 is 0 Å². The topological polar surface area (TPSA) is 69.6 Å². The average Bonchev–Trinajstić information content (AvgIpc) is 2.42. The van der Waals surface area contributed by atoms with Gasteiger partial charge in [0.05, 0.1) is 6.04 Å². The highest BCUT2D eigenvalue weighted by Gasteiger charge is 2.32. The van der Waals surface area contributed by atoms with Gasteiger partial charge in [0, 0.05) is 19.5 Å². The highest BCUT2D eigenvalue weighted by Crippen LogP contribution is 2.14. The first-order valence-corrected chi connectivity index (χ1v) is 6.81. The van der Waals surface area contributed by atoms with Crippen molar-refractivity contribution < 1.29 is 14.7 Å². The van der Waals surface area contributed by atoms with Crippen molar-refractivity contribution in [3.05, 3.63) is 29.8 Å². The van der Waals surface area contributed by atoms with Crippen LogP contribution < -0.4 is 5.32 Å². The minimum Gasteiger partial charge on any atom is -0.508 e. The van der Waals surface area contributed by atoms with Crippen molar-refractivity contribution in [1.29, 1.82) is 0 Å². The van der Waals surface area contributed by atoms with Gasteiger partial charge in [0.2, 0.25) is 11.8 Å². The molecule has 0 aromatic heterocycles. The lowest BCUT2D eigenvalue weighted by Crippen LogP contribution is -2.53. The minimum absolute atomic E-state index is 0.112. The molecule has 1 fully saturated rings. The van der Waals surface area contributed by atoms with Crippen LogP contribution in [0.4, 0.5) is 0 Å². The van der Waals surface area contributed by atoms with Crippen LogP contribution in [0.3, 0.4) is 0 Å². The summed E-state index contributed by atoms with van der Waals surface area (Å²) >= 11 is 0. The Morgan fingerprint density at radius 1 is 1.35 bits per heavy atom. The second-order valence-corrected chi connectivity index (χ2v) is 5.32. The third-order valence-corrected chi connectivity index (χ3v) is 3.61. The molecule has 1 saturated heterocycles. The number of aromatic hydroxyl groups is 1. The zero-order valence-corrected chi connectivity index (χ0v) is 11.8. The van der Waals surface area contributed by atoms with Gasteiger partial charge in [0.15, 0.2) is 0 Å². The van der Waals surface area contributed by atoms with Crippen LogP contribution in [0.1, 0.15) is 25.3 Å². The van der Waals surface area contributed by atoms with Crippen molar-refractivity contribution in [3.8, 4) is 5.75 Å². The zero-order valence-electron chi connectivity index (χ0n) is 11.8. The summed E-state index contributed by atoms with van der Waals surface area (Å²) in [7, 11) is 1.53. The standard InChI is InChI=1S/C15H20N2O3/c1-10(9-11-3-5-12(18)6-4-11)16-13-7-8-14(19)17(2)15(13)20/h3-6,10,13,16,18H,7-9H2,1-2H3. The van der Waals surface area contributed by atoms with E-state index in [9.17, 15) is 14.7 Å². The number of nitrogens with zero attached hydrogens (tertiary/aromatic N) is 1. The van der Waals surface area contributed by atoms with E-state index in [4.69, 9.17) is 0 Å². The van der Waals surface area contributed by atoms with Crippen LogP contribution in [0.15, 0.2) is 24.3 Å². The quantitative estimate of drug-likeness (QED) is 0.807. The van der Waals surface area contributed by atoms with E-state index in [2.05, 4.69) is 5.32 Å². The molecule has 5 heteroatoms. The Labute approximate surface area is 118 Å². The Balaban J connectivity index is 1.91. The first kappa shape index (κ1) is 14.5. The van der Waals surface area contributed by atoms with Crippen molar-refractivity contribution in [3.63, 3.8) is 0 Å². The lowest BCUT2D eigenvalue weighted by molar-refractivity contribution is -0.148. The van der Waals surface area contributed by atoms with E-state index in [0.29, 0.717) is 12.8 Å². The molecule has 1 aliphatic heterocycles. The number of likely N-dealkylation sites (N-methyl/N-ethyl adjacent to an activating group) is 1. The van der Waals surface area contributed by atoms with E-state index in [1.165, 1.54) is 11.9 Å². The summed E-state index contributed by atoms with van der Waals surface area (Å²) in [4.78, 5) is 24.6. The van der Waals surface area contributed by atoms with Gasteiger partial charge in [0.1, 0.15) is 5.75 Å². The van der Waals surface area contributed by atoms with Gasteiger partial charge in [-0.05, 0) is 37.5 Å². The van der Waals surface area contributed by atoms with E-state index in [1.807, 2.05) is 19.1 Å². The third-order valence-electron chi connectivity index (χ3n) is 3.61. The summed E-state index contributed by atoms with van der Waals surface area (Å²) in [5.74, 6) is -0.0185. The number of carbonyl (C=O) groups is 2. The fourth-order valence-corrected chi connectivity index (χ4v) is 2.46. The molecule has 0 aliphatic carbocycles. The number of nitrogens with one attached hydrogen (secondary N) is 1. The molecule has 108 valence electrons. The molecule has 2 rings (SSSR count). The first-order chi connectivity index (χ1) is 9.47. The number of hydrogen-bond donors (Lipinski definition) is 2. The largest absolute Gasteiger partial charge is 0.508 e. The Morgan fingerprint density at radius 3 is 2.65 bits per heavy atom. The molecule has 1 aromatic rings. The predicted molar refractivity (Wildman–Crippen MR) is 75.2 cm³/mol. The average molecular weight is 276 g/mol. The third kappa shape index (κ3) is 3.36. The fraction of sp³-hybridized carbons (Fsp3) is 0.467. The Bertz CT molecular complexity index is 498. The molecule has 2 N–H and O–H groups in total. The lowest BCUT2D eigenvalue weighted by Gasteiger charge is -2.30. The molecule has 1 aliphatic rings. The van der Waals surface area contributed by atoms with Gasteiger partial charge in [-0.3, -0.25) is 14.5 Å². The Kier molecular flexibility index (Phi) is 4.39. The van der Waals surface area contributed by atoms with Crippen molar-refractivity contribution in [1.82, 2.24) is 10.2 Å². The smallest absolute Gasteiger partial charge is 0.246 e. The highest BCUT2D eigenvalue weighted by molar-refractivity contribution is 6.00. The summed E-state index contributed by atoms with van der Waals surface area (Å²) in [5, 5.41) is 12.5. The highest BCUT2D eigenvalue weighted by atomic mass is 16.3. The van der Waals surface area contributed by atoms with Gasteiger partial charge in [0.25, 0.3) is 0 Å². The second-order valence-electron chi connectivity index (χ2n) is 5.32. The molecule has 1 heterocycles. The van der Waals surface area contributed by atoms with Crippen LogP contribution in [0.5, 0.6) is 5.75 Å². The van der Waals surface area contributed by atoms with Gasteiger partial charge in [-0.25, -0.2) is 0 Å². The number of benzene rings is 1. The van der Waals surface area contributed by atoms with Crippen molar-refractivity contribution in [2.24, 2.45) is 0 Å². The molecule has 5 nitrogen and oxygen atoms in total. The van der Waals surface area contributed by atoms with Crippen LogP contribution in [-0.2, 0) is 16.0 Å². The van der Waals surface area contributed by atoms with Crippen LogP contribution in [-0.4, -0.2) is 41.0 Å². The van der Waals surface area contributed by atoms with Crippen LogP contribution in [0, 0.1) is 0 Å². The molecular formula is C15H20N2O3. The minimum atomic E-state index is -0.287. The van der Waals surface area contributed by atoms with E-state index in [-0.39, 0.29) is 29.6 Å². The molecule has 20 heavy (non-hydrogen) atoms. The number of likely N-dealkylation sites (tertiary alicyclic amines) is 1. The predicted octanol–water partition coefficient (Wildman–Crippen LogP) is 1.06. The number of rotatable bonds is 4. The van der Waals surface area contributed by atoms with Crippen LogP contribution in [0.25, 0.3) is 0 Å². The Hall–Kier alpha value is -1.88. The van der Waals surface area contributed by atoms with Gasteiger partial charge in [-0.15, -0.1) is 0 Å². The maximum Gasteiger partial charge on any atom is 0.246 e. The van der Waals surface area contributed by atoms with E-state index >= 15 is 0 Å². The number of hydrogen-bond acceptors (Lipinski definition) is 4. The fourth-order valence-electron chi connectivity index (χ4n) is 2.46. The zero-order chi connectivity index (χ0) is 14.7. The number of amides is 2. The second kappa shape index (κ2) is 6.05. The van der Waals surface area contributed by atoms with E-state index in [0.717, 1.165) is 12.0 Å². The number of phenols is 1. The molecule has 1 aromatic carbocycles. The van der Waals surface area contributed by atoms with Crippen molar-refractivity contribution >= 4 is 11.8 Å². The molecule has 0 radical (unpaired) electrons. The molecule has 0 bridgehead atoms. The van der Waals surface area contributed by atoms with E-state index < -0.39 is 0 Å². The molecule has 2 atom stereocenters. The number of piperidine rings is 1. The number of imide groups is 1. The van der Waals surface area contributed by atoms with Crippen LogP contribution >= 0.6 is 0 Å². The summed E-state index contributed by atoms with van der Waals surface area (Å²) in [6.45, 7) is 2.01. The summed E-state index contributed by atoms with van der Waals surface area (Å²) in [5.41, 5.74) is 1.09. The van der Waals surface area contributed by atoms with Gasteiger partial charge < -0.3 is 10.4 Å². The molecular weight excluding hydrogens is 256 g/mol. The summed E-state index contributed by atoms with van der Waals surface area (Å²) in [6, 6.07) is 6.87. The molecule has 2 amide bonds. The summed E-state index contributed by atoms with van der Waals surface area (Å²) in [6.07, 6.45) is 1.73. The maximum absolute atomic E-state index is 12.0. The number of carbonyl (C=O) groups excluding carboxylic acids is 2. The van der Waals surface area contributed by atoms with Gasteiger partial charge in [-0.2, -0.15) is 0 Å². The molecule has 2 unspecified atom stereocenters.